The van der Waals surface area contributed by atoms with Gasteiger partial charge in [0, 0.05) is 37.0 Å². The van der Waals surface area contributed by atoms with Gasteiger partial charge in [-0.15, -0.1) is 0 Å². The molecule has 6 heteroatoms. The predicted octanol–water partition coefficient (Wildman–Crippen LogP) is 3.20. The van der Waals surface area contributed by atoms with Crippen molar-refractivity contribution in [1.82, 2.24) is 20.5 Å². The van der Waals surface area contributed by atoms with Crippen molar-refractivity contribution in [2.75, 3.05) is 20.6 Å². The number of para-hydroxylation sites is 1. The number of fused-ring (bicyclic) bond motifs is 1. The van der Waals surface area contributed by atoms with E-state index in [2.05, 4.69) is 51.7 Å². The Hall–Kier alpha value is -3.12. The third-order valence-corrected chi connectivity index (χ3v) is 5.66. The molecule has 0 fully saturated rings. The number of aromatic amines is 1. The molecule has 2 aromatic carbocycles. The Labute approximate surface area is 184 Å². The van der Waals surface area contributed by atoms with Crippen molar-refractivity contribution >= 4 is 22.7 Å². The van der Waals surface area contributed by atoms with E-state index in [9.17, 15) is 9.59 Å². The molecule has 0 spiro atoms. The smallest absolute Gasteiger partial charge is 0.242 e. The highest BCUT2D eigenvalue weighted by molar-refractivity contribution is 5.89. The first-order chi connectivity index (χ1) is 14.9. The second-order valence-corrected chi connectivity index (χ2v) is 8.14. The van der Waals surface area contributed by atoms with E-state index in [1.54, 1.807) is 0 Å². The molecule has 0 aliphatic carbocycles. The largest absolute Gasteiger partial charge is 0.361 e. The summed E-state index contributed by atoms with van der Waals surface area (Å²) in [4.78, 5) is 30.1. The lowest BCUT2D eigenvalue weighted by Crippen LogP contribution is -2.49. The summed E-state index contributed by atoms with van der Waals surface area (Å²) in [7, 11) is 4.00. The van der Waals surface area contributed by atoms with Crippen LogP contribution in [0.1, 0.15) is 36.6 Å². The minimum absolute atomic E-state index is 0.0425. The third-order valence-electron chi connectivity index (χ3n) is 5.66. The zero-order chi connectivity index (χ0) is 22.4. The molecule has 3 aromatic rings. The lowest BCUT2D eigenvalue weighted by atomic mass is 10.0. The van der Waals surface area contributed by atoms with Crippen molar-refractivity contribution in [2.45, 2.75) is 38.8 Å². The van der Waals surface area contributed by atoms with Crippen molar-refractivity contribution in [3.63, 3.8) is 0 Å². The number of rotatable bonds is 9. The summed E-state index contributed by atoms with van der Waals surface area (Å²) in [5.74, 6) is -0.406. The minimum Gasteiger partial charge on any atom is -0.361 e. The average Bonchev–Trinajstić information content (AvgIpc) is 3.16. The van der Waals surface area contributed by atoms with E-state index < -0.39 is 6.04 Å². The minimum atomic E-state index is -0.637. The Morgan fingerprint density at radius 3 is 2.42 bits per heavy atom. The number of amides is 2. The molecule has 6 nitrogen and oxygen atoms in total. The summed E-state index contributed by atoms with van der Waals surface area (Å²) in [5, 5.41) is 6.93. The zero-order valence-corrected chi connectivity index (χ0v) is 18.7. The maximum atomic E-state index is 13.0. The molecule has 1 heterocycles. The van der Waals surface area contributed by atoms with Gasteiger partial charge in [0.25, 0.3) is 0 Å². The van der Waals surface area contributed by atoms with Gasteiger partial charge < -0.3 is 20.5 Å². The van der Waals surface area contributed by atoms with Crippen LogP contribution in [0.15, 0.2) is 54.7 Å². The summed E-state index contributed by atoms with van der Waals surface area (Å²) < 4.78 is 0. The van der Waals surface area contributed by atoms with Crippen LogP contribution < -0.4 is 10.6 Å². The summed E-state index contributed by atoms with van der Waals surface area (Å²) in [6.45, 7) is 4.03. The van der Waals surface area contributed by atoms with Crippen LogP contribution in [-0.2, 0) is 22.4 Å². The van der Waals surface area contributed by atoms with Crippen LogP contribution in [0.3, 0.4) is 0 Å². The number of nitrogens with one attached hydrogen (secondary N) is 3. The number of nitrogens with zero attached hydrogens (tertiary/aromatic N) is 1. The van der Waals surface area contributed by atoms with E-state index in [0.717, 1.165) is 28.5 Å². The molecule has 0 bridgehead atoms. The van der Waals surface area contributed by atoms with E-state index >= 15 is 0 Å². The van der Waals surface area contributed by atoms with Crippen LogP contribution in [0, 0.1) is 0 Å². The van der Waals surface area contributed by atoms with E-state index in [4.69, 9.17) is 0 Å². The van der Waals surface area contributed by atoms with Crippen LogP contribution in [0.2, 0.25) is 0 Å². The van der Waals surface area contributed by atoms with Gasteiger partial charge in [-0.25, -0.2) is 0 Å². The maximum absolute atomic E-state index is 13.0. The Morgan fingerprint density at radius 1 is 1.06 bits per heavy atom. The first-order valence-corrected chi connectivity index (χ1v) is 10.7. The third kappa shape index (κ3) is 5.73. The summed E-state index contributed by atoms with van der Waals surface area (Å²) in [6.07, 6.45) is 3.33. The molecule has 2 amide bonds. The lowest BCUT2D eigenvalue weighted by molar-refractivity contribution is -0.128. The van der Waals surface area contributed by atoms with E-state index in [1.807, 2.05) is 44.6 Å². The van der Waals surface area contributed by atoms with Crippen molar-refractivity contribution < 1.29 is 9.59 Å². The average molecular weight is 421 g/mol. The monoisotopic (exact) mass is 420 g/mol. The van der Waals surface area contributed by atoms with Crippen LogP contribution in [0.4, 0.5) is 0 Å². The molecule has 0 aliphatic heterocycles. The number of aryl methyl sites for hydroxylation is 1. The molecule has 0 aliphatic rings. The van der Waals surface area contributed by atoms with Gasteiger partial charge in [-0.3, -0.25) is 9.59 Å². The fourth-order valence-electron chi connectivity index (χ4n) is 3.87. The molecule has 31 heavy (non-hydrogen) atoms. The highest BCUT2D eigenvalue weighted by Crippen LogP contribution is 2.20. The summed E-state index contributed by atoms with van der Waals surface area (Å²) in [5.41, 5.74) is 4.46. The molecule has 164 valence electrons. The van der Waals surface area contributed by atoms with Gasteiger partial charge in [0.15, 0.2) is 0 Å². The molecule has 2 atom stereocenters. The van der Waals surface area contributed by atoms with Crippen LogP contribution in [-0.4, -0.2) is 48.4 Å². The number of aromatic nitrogens is 1. The molecular weight excluding hydrogens is 388 g/mol. The van der Waals surface area contributed by atoms with Gasteiger partial charge in [0.2, 0.25) is 11.8 Å². The van der Waals surface area contributed by atoms with E-state index in [0.29, 0.717) is 13.0 Å². The highest BCUT2D eigenvalue weighted by atomic mass is 16.2. The number of likely N-dealkylation sites (N-methyl/N-ethyl adjacent to an activating group) is 1. The molecule has 0 saturated heterocycles. The number of benzene rings is 2. The number of H-pyrrole nitrogens is 1. The first kappa shape index (κ1) is 22.6. The van der Waals surface area contributed by atoms with E-state index in [1.165, 1.54) is 12.5 Å². The topological polar surface area (TPSA) is 77.2 Å². The second kappa shape index (κ2) is 10.3. The SMILES string of the molecule is CCc1ccc([C@@H](CNC(=O)[C@@H](Cc2c[nH]c3ccccc23)NC(C)=O)N(C)C)cc1. The Bertz CT molecular complexity index is 1020. The predicted molar refractivity (Wildman–Crippen MR) is 125 cm³/mol. The number of carbonyl (C=O) groups excluding carboxylic acids is 2. The normalized spacial score (nSPS) is 13.2. The van der Waals surface area contributed by atoms with Gasteiger partial charge in [-0.2, -0.15) is 0 Å². The number of hydrogen-bond donors (Lipinski definition) is 3. The standard InChI is InChI=1S/C25H32N4O2/c1-5-18-10-12-19(13-11-18)24(29(3)4)16-27-25(31)23(28-17(2)30)14-20-15-26-22-9-7-6-8-21(20)22/h6-13,15,23-24,26H,5,14,16H2,1-4H3,(H,27,31)(H,28,30)/t23-,24-/m1/s1. The van der Waals surface area contributed by atoms with Crippen LogP contribution in [0.5, 0.6) is 0 Å². The zero-order valence-electron chi connectivity index (χ0n) is 18.7. The molecule has 0 saturated carbocycles. The highest BCUT2D eigenvalue weighted by Gasteiger charge is 2.23. The summed E-state index contributed by atoms with van der Waals surface area (Å²) >= 11 is 0. The number of hydrogen-bond acceptors (Lipinski definition) is 3. The van der Waals surface area contributed by atoms with Crippen molar-refractivity contribution in [2.24, 2.45) is 0 Å². The molecule has 3 rings (SSSR count). The van der Waals surface area contributed by atoms with Crippen LogP contribution >= 0.6 is 0 Å². The van der Waals surface area contributed by atoms with Crippen molar-refractivity contribution in [3.05, 3.63) is 71.4 Å². The Morgan fingerprint density at radius 2 is 1.77 bits per heavy atom. The molecule has 1 aromatic heterocycles. The maximum Gasteiger partial charge on any atom is 0.242 e. The van der Waals surface area contributed by atoms with Gasteiger partial charge in [0.1, 0.15) is 6.04 Å². The fraction of sp³-hybridized carbons (Fsp3) is 0.360. The van der Waals surface area contributed by atoms with Gasteiger partial charge in [-0.05, 0) is 43.3 Å². The van der Waals surface area contributed by atoms with Gasteiger partial charge in [0.05, 0.1) is 6.04 Å². The Kier molecular flexibility index (Phi) is 7.47. The molecule has 0 unspecified atom stereocenters. The molecule has 3 N–H and O–H groups in total. The van der Waals surface area contributed by atoms with Gasteiger partial charge in [-0.1, -0.05) is 49.4 Å². The van der Waals surface area contributed by atoms with E-state index in [-0.39, 0.29) is 17.9 Å². The summed E-state index contributed by atoms with van der Waals surface area (Å²) in [6, 6.07) is 15.9. The molecule has 0 radical (unpaired) electrons. The fourth-order valence-corrected chi connectivity index (χ4v) is 3.87. The van der Waals surface area contributed by atoms with Crippen LogP contribution in [0.25, 0.3) is 10.9 Å². The van der Waals surface area contributed by atoms with Gasteiger partial charge >= 0.3 is 0 Å². The quantitative estimate of drug-likeness (QED) is 0.498. The lowest BCUT2D eigenvalue weighted by Gasteiger charge is -2.26. The first-order valence-electron chi connectivity index (χ1n) is 10.7. The van der Waals surface area contributed by atoms with Crippen molar-refractivity contribution in [1.29, 1.82) is 0 Å². The Balaban J connectivity index is 1.72. The number of carbonyl (C=O) groups is 2. The second-order valence-electron chi connectivity index (χ2n) is 8.14. The van der Waals surface area contributed by atoms with Crippen molar-refractivity contribution in [3.8, 4) is 0 Å². The molecular formula is C25H32N4O2.